The number of thiophene rings is 1. The molecule has 0 aliphatic rings. The highest BCUT2D eigenvalue weighted by Gasteiger charge is 2.16. The van der Waals surface area contributed by atoms with Crippen molar-refractivity contribution in [3.8, 4) is 0 Å². The van der Waals surface area contributed by atoms with Gasteiger partial charge in [0.2, 0.25) is 10.0 Å². The van der Waals surface area contributed by atoms with E-state index in [1.807, 2.05) is 12.1 Å². The Hall–Kier alpha value is -0.600. The first-order chi connectivity index (χ1) is 9.79. The molecule has 0 atom stereocenters. The van der Waals surface area contributed by atoms with E-state index in [1.165, 1.54) is 12.1 Å². The summed E-state index contributed by atoms with van der Waals surface area (Å²) >= 11 is 10.9. The van der Waals surface area contributed by atoms with Crippen molar-refractivity contribution in [2.24, 2.45) is 0 Å². The molecule has 0 saturated carbocycles. The monoisotopic (exact) mass is 408 g/mol. The van der Waals surface area contributed by atoms with Crippen LogP contribution in [-0.4, -0.2) is 15.0 Å². The van der Waals surface area contributed by atoms with Crippen molar-refractivity contribution < 1.29 is 8.42 Å². The van der Waals surface area contributed by atoms with Crippen LogP contribution in [0.15, 0.2) is 32.9 Å². The molecule has 0 saturated heterocycles. The molecule has 0 radical (unpaired) electrons. The van der Waals surface area contributed by atoms with Crippen molar-refractivity contribution in [2.45, 2.75) is 18.2 Å². The molecule has 0 aliphatic carbocycles. The maximum Gasteiger partial charge on any atom is 0.240 e. The number of hydrogen-bond acceptors (Lipinski definition) is 4. The van der Waals surface area contributed by atoms with E-state index in [0.717, 1.165) is 8.66 Å². The van der Waals surface area contributed by atoms with Crippen LogP contribution < -0.4 is 10.5 Å². The highest BCUT2D eigenvalue weighted by Crippen LogP contribution is 2.27. The number of hydrogen-bond donors (Lipinski definition) is 2. The Balaban J connectivity index is 2.08. The van der Waals surface area contributed by atoms with Crippen LogP contribution in [0, 0.1) is 6.92 Å². The third-order valence-corrected chi connectivity index (χ3v) is 6.50. The van der Waals surface area contributed by atoms with E-state index in [-0.39, 0.29) is 10.6 Å². The summed E-state index contributed by atoms with van der Waals surface area (Å²) in [4.78, 5) is 1.24. The van der Waals surface area contributed by atoms with Gasteiger partial charge in [-0.15, -0.1) is 11.3 Å². The summed E-state index contributed by atoms with van der Waals surface area (Å²) in [6.45, 7) is 2.05. The van der Waals surface area contributed by atoms with E-state index in [9.17, 15) is 8.42 Å². The molecule has 0 bridgehead atoms. The summed E-state index contributed by atoms with van der Waals surface area (Å²) in [6.07, 6.45) is 0.636. The molecule has 0 spiro atoms. The van der Waals surface area contributed by atoms with Crippen LogP contribution in [0.4, 0.5) is 5.69 Å². The number of rotatable bonds is 5. The van der Waals surface area contributed by atoms with Gasteiger partial charge in [-0.25, -0.2) is 13.1 Å². The van der Waals surface area contributed by atoms with Crippen LogP contribution in [0.25, 0.3) is 0 Å². The van der Waals surface area contributed by atoms with Gasteiger partial charge in [0.1, 0.15) is 0 Å². The molecule has 1 heterocycles. The van der Waals surface area contributed by atoms with Gasteiger partial charge in [0.15, 0.2) is 0 Å². The fourth-order valence-electron chi connectivity index (χ4n) is 1.80. The molecular weight excluding hydrogens is 396 g/mol. The molecule has 1 aromatic heterocycles. The maximum absolute atomic E-state index is 12.2. The number of aryl methyl sites for hydroxylation is 1. The molecule has 8 heteroatoms. The van der Waals surface area contributed by atoms with Gasteiger partial charge in [-0.05, 0) is 59.1 Å². The summed E-state index contributed by atoms with van der Waals surface area (Å²) in [6, 6.07) is 6.80. The smallest absolute Gasteiger partial charge is 0.240 e. The average molecular weight is 410 g/mol. The quantitative estimate of drug-likeness (QED) is 0.741. The van der Waals surface area contributed by atoms with Crippen molar-refractivity contribution >= 4 is 54.6 Å². The van der Waals surface area contributed by atoms with E-state index in [2.05, 4.69) is 20.7 Å². The Morgan fingerprint density at radius 1 is 1.38 bits per heavy atom. The summed E-state index contributed by atoms with van der Waals surface area (Å²) in [5, 5.41) is 0.386. The van der Waals surface area contributed by atoms with E-state index in [0.29, 0.717) is 23.6 Å². The van der Waals surface area contributed by atoms with Crippen LogP contribution in [0.3, 0.4) is 0 Å². The Morgan fingerprint density at radius 3 is 2.67 bits per heavy atom. The SMILES string of the molecule is Cc1cc(S(=O)(=O)NCCc2ccc(Br)s2)cc(N)c1Cl. The maximum atomic E-state index is 12.2. The van der Waals surface area contributed by atoms with E-state index in [1.54, 1.807) is 18.3 Å². The second kappa shape index (κ2) is 6.66. The third-order valence-electron chi connectivity index (χ3n) is 2.86. The van der Waals surface area contributed by atoms with Crippen LogP contribution >= 0.6 is 38.9 Å². The van der Waals surface area contributed by atoms with Crippen LogP contribution in [0.2, 0.25) is 5.02 Å². The predicted molar refractivity (Wildman–Crippen MR) is 91.5 cm³/mol. The molecule has 2 aromatic rings. The predicted octanol–water partition coefficient (Wildman–Crippen LogP) is 3.58. The molecule has 3 N–H and O–H groups in total. The van der Waals surface area contributed by atoms with Gasteiger partial charge in [-0.1, -0.05) is 11.6 Å². The number of benzene rings is 1. The van der Waals surface area contributed by atoms with Gasteiger partial charge in [-0.2, -0.15) is 0 Å². The molecular formula is C13H14BrClN2O2S2. The number of nitrogens with two attached hydrogens (primary N) is 1. The number of nitrogen functional groups attached to an aromatic ring is 1. The normalized spacial score (nSPS) is 11.8. The van der Waals surface area contributed by atoms with Crippen molar-refractivity contribution in [1.82, 2.24) is 4.72 Å². The van der Waals surface area contributed by atoms with Crippen LogP contribution in [0.5, 0.6) is 0 Å². The molecule has 0 aliphatic heterocycles. The second-order valence-corrected chi connectivity index (χ2v) is 9.19. The Kier molecular flexibility index (Phi) is 5.32. The lowest BCUT2D eigenvalue weighted by Gasteiger charge is -2.09. The molecule has 1 aromatic carbocycles. The highest BCUT2D eigenvalue weighted by molar-refractivity contribution is 9.11. The molecule has 0 fully saturated rings. The molecule has 21 heavy (non-hydrogen) atoms. The minimum Gasteiger partial charge on any atom is -0.397 e. The zero-order valence-electron chi connectivity index (χ0n) is 11.2. The Bertz CT molecular complexity index is 736. The lowest BCUT2D eigenvalue weighted by atomic mass is 10.2. The molecule has 0 unspecified atom stereocenters. The summed E-state index contributed by atoms with van der Waals surface area (Å²) in [5.41, 5.74) is 6.61. The first-order valence-corrected chi connectivity index (χ1v) is 9.56. The van der Waals surface area contributed by atoms with Crippen molar-refractivity contribution in [3.05, 3.63) is 43.5 Å². The number of nitrogens with one attached hydrogen (secondary N) is 1. The largest absolute Gasteiger partial charge is 0.397 e. The van der Waals surface area contributed by atoms with Gasteiger partial charge >= 0.3 is 0 Å². The van der Waals surface area contributed by atoms with Gasteiger partial charge in [0.25, 0.3) is 0 Å². The van der Waals surface area contributed by atoms with Crippen molar-refractivity contribution in [2.75, 3.05) is 12.3 Å². The zero-order chi connectivity index (χ0) is 15.6. The standard InChI is InChI=1S/C13H14BrClN2O2S2/c1-8-6-10(7-11(16)13(8)15)21(18,19)17-5-4-9-2-3-12(14)20-9/h2-3,6-7,17H,4-5,16H2,1H3. The van der Waals surface area contributed by atoms with Crippen LogP contribution in [0.1, 0.15) is 10.4 Å². The van der Waals surface area contributed by atoms with E-state index >= 15 is 0 Å². The summed E-state index contributed by atoms with van der Waals surface area (Å²) < 4.78 is 28.1. The van der Waals surface area contributed by atoms with Gasteiger partial charge in [0, 0.05) is 11.4 Å². The fraction of sp³-hybridized carbons (Fsp3) is 0.231. The first kappa shape index (κ1) is 16.8. The fourth-order valence-corrected chi connectivity index (χ4v) is 4.54. The summed E-state index contributed by atoms with van der Waals surface area (Å²) in [5.74, 6) is 0. The second-order valence-electron chi connectivity index (χ2n) is 4.50. The van der Waals surface area contributed by atoms with Gasteiger partial charge in [0.05, 0.1) is 19.4 Å². The molecule has 2 rings (SSSR count). The highest BCUT2D eigenvalue weighted by atomic mass is 79.9. The Morgan fingerprint density at radius 2 is 2.10 bits per heavy atom. The number of anilines is 1. The first-order valence-electron chi connectivity index (χ1n) is 6.09. The lowest BCUT2D eigenvalue weighted by Crippen LogP contribution is -2.26. The summed E-state index contributed by atoms with van der Waals surface area (Å²) in [7, 11) is -3.58. The van der Waals surface area contributed by atoms with Crippen molar-refractivity contribution in [3.63, 3.8) is 0 Å². The average Bonchev–Trinajstić information content (AvgIpc) is 2.81. The third kappa shape index (κ3) is 4.20. The topological polar surface area (TPSA) is 72.2 Å². The minimum absolute atomic E-state index is 0.134. The van der Waals surface area contributed by atoms with E-state index < -0.39 is 10.0 Å². The van der Waals surface area contributed by atoms with Crippen molar-refractivity contribution in [1.29, 1.82) is 0 Å². The number of halogens is 2. The Labute approximate surface area is 141 Å². The van der Waals surface area contributed by atoms with E-state index in [4.69, 9.17) is 17.3 Å². The zero-order valence-corrected chi connectivity index (χ0v) is 15.2. The van der Waals surface area contributed by atoms with Gasteiger partial charge in [-0.3, -0.25) is 0 Å². The molecule has 4 nitrogen and oxygen atoms in total. The lowest BCUT2D eigenvalue weighted by molar-refractivity contribution is 0.582. The minimum atomic E-state index is -3.58. The number of sulfonamides is 1. The van der Waals surface area contributed by atoms with Crippen LogP contribution in [-0.2, 0) is 16.4 Å². The van der Waals surface area contributed by atoms with Gasteiger partial charge < -0.3 is 5.73 Å². The molecule has 114 valence electrons. The molecule has 0 amide bonds.